The third kappa shape index (κ3) is 5.57. The fourth-order valence-electron chi connectivity index (χ4n) is 3.07. The van der Waals surface area contributed by atoms with E-state index in [2.05, 4.69) is 5.32 Å². The van der Waals surface area contributed by atoms with Crippen LogP contribution in [0.1, 0.15) is 16.7 Å². The van der Waals surface area contributed by atoms with Gasteiger partial charge in [0, 0.05) is 18.7 Å². The Labute approximate surface area is 186 Å². The van der Waals surface area contributed by atoms with Crippen LogP contribution in [0.2, 0.25) is 0 Å². The topological polar surface area (TPSA) is 110 Å². The summed E-state index contributed by atoms with van der Waals surface area (Å²) in [4.78, 5) is 23.4. The highest BCUT2D eigenvalue weighted by atomic mass is 32.2. The van der Waals surface area contributed by atoms with Gasteiger partial charge in [-0.15, -0.1) is 0 Å². The lowest BCUT2D eigenvalue weighted by atomic mass is 10.1. The van der Waals surface area contributed by atoms with Gasteiger partial charge in [0.25, 0.3) is 5.69 Å². The number of anilines is 1. The van der Waals surface area contributed by atoms with Crippen LogP contribution in [0.15, 0.2) is 77.7 Å². The van der Waals surface area contributed by atoms with Crippen molar-refractivity contribution in [3.05, 3.63) is 99.6 Å². The number of nitro groups is 1. The zero-order valence-corrected chi connectivity index (χ0v) is 18.5. The quantitative estimate of drug-likeness (QED) is 0.409. The highest BCUT2D eigenvalue weighted by molar-refractivity contribution is 7.89. The molecule has 0 aliphatic carbocycles. The molecule has 9 heteroatoms. The Morgan fingerprint density at radius 2 is 1.66 bits per heavy atom. The summed E-state index contributed by atoms with van der Waals surface area (Å²) in [5.41, 5.74) is 2.48. The number of aryl methyl sites for hydroxylation is 2. The monoisotopic (exact) mass is 453 g/mol. The summed E-state index contributed by atoms with van der Waals surface area (Å²) in [6.07, 6.45) is 0. The van der Waals surface area contributed by atoms with Crippen molar-refractivity contribution >= 4 is 27.3 Å². The Balaban J connectivity index is 1.88. The van der Waals surface area contributed by atoms with Crippen LogP contribution in [-0.4, -0.2) is 30.1 Å². The normalized spacial score (nSPS) is 11.3. The van der Waals surface area contributed by atoms with E-state index in [1.807, 2.05) is 31.2 Å². The molecular formula is C23H23N3O5S. The van der Waals surface area contributed by atoms with Crippen LogP contribution in [0.5, 0.6) is 0 Å². The number of hydrogen-bond acceptors (Lipinski definition) is 5. The van der Waals surface area contributed by atoms with Gasteiger partial charge in [-0.2, -0.15) is 4.31 Å². The molecule has 0 saturated carbocycles. The van der Waals surface area contributed by atoms with Gasteiger partial charge in [-0.1, -0.05) is 54.1 Å². The van der Waals surface area contributed by atoms with Gasteiger partial charge >= 0.3 is 0 Å². The van der Waals surface area contributed by atoms with E-state index in [-0.39, 0.29) is 22.8 Å². The number of nitro benzene ring substituents is 1. The third-order valence-electron chi connectivity index (χ3n) is 4.89. The molecule has 0 aliphatic rings. The molecule has 3 aromatic carbocycles. The molecule has 0 saturated heterocycles. The molecule has 0 fully saturated rings. The van der Waals surface area contributed by atoms with Gasteiger partial charge in [0.2, 0.25) is 15.9 Å². The van der Waals surface area contributed by atoms with E-state index in [1.54, 1.807) is 25.1 Å². The average molecular weight is 454 g/mol. The summed E-state index contributed by atoms with van der Waals surface area (Å²) in [5.74, 6) is -0.597. The first-order valence-corrected chi connectivity index (χ1v) is 11.3. The van der Waals surface area contributed by atoms with E-state index in [1.165, 1.54) is 30.3 Å². The number of sulfonamides is 1. The van der Waals surface area contributed by atoms with Gasteiger partial charge in [-0.25, -0.2) is 8.42 Å². The maximum absolute atomic E-state index is 13.3. The van der Waals surface area contributed by atoms with E-state index in [0.29, 0.717) is 5.56 Å². The Hall–Kier alpha value is -3.56. The molecule has 1 N–H and O–H groups in total. The molecule has 0 atom stereocenters. The van der Waals surface area contributed by atoms with E-state index in [4.69, 9.17) is 0 Å². The number of nitrogens with one attached hydrogen (secondary N) is 1. The number of nitrogens with zero attached hydrogens (tertiary/aromatic N) is 2. The summed E-state index contributed by atoms with van der Waals surface area (Å²) < 4.78 is 27.6. The summed E-state index contributed by atoms with van der Waals surface area (Å²) in [6, 6.07) is 19.4. The van der Waals surface area contributed by atoms with Crippen molar-refractivity contribution in [2.75, 3.05) is 11.9 Å². The second-order valence-electron chi connectivity index (χ2n) is 7.38. The van der Waals surface area contributed by atoms with Crippen LogP contribution in [0, 0.1) is 24.0 Å². The van der Waals surface area contributed by atoms with Gasteiger partial charge < -0.3 is 5.32 Å². The molecule has 1 amide bonds. The highest BCUT2D eigenvalue weighted by Crippen LogP contribution is 2.23. The highest BCUT2D eigenvalue weighted by Gasteiger charge is 2.27. The molecule has 8 nitrogen and oxygen atoms in total. The summed E-state index contributed by atoms with van der Waals surface area (Å²) in [6.45, 7) is 3.17. The van der Waals surface area contributed by atoms with Crippen molar-refractivity contribution in [1.82, 2.24) is 4.31 Å². The van der Waals surface area contributed by atoms with E-state index < -0.39 is 27.4 Å². The van der Waals surface area contributed by atoms with Crippen LogP contribution < -0.4 is 5.32 Å². The average Bonchev–Trinajstić information content (AvgIpc) is 2.76. The van der Waals surface area contributed by atoms with Gasteiger partial charge in [0.05, 0.1) is 22.1 Å². The number of non-ortho nitro benzene ring substituents is 1. The zero-order valence-electron chi connectivity index (χ0n) is 17.7. The number of amides is 1. The van der Waals surface area contributed by atoms with Crippen molar-refractivity contribution in [2.24, 2.45) is 0 Å². The maximum Gasteiger partial charge on any atom is 0.271 e. The second kappa shape index (κ2) is 9.71. The standard InChI is InChI=1S/C23H23N3O5S/c1-17-8-11-19(12-9-17)15-25(32(30,31)21-6-4-3-5-7-21)16-23(27)24-22-14-20(26(28)29)13-10-18(22)2/h3-14H,15-16H2,1-2H3,(H,24,27). The molecule has 0 aliphatic heterocycles. The summed E-state index contributed by atoms with van der Waals surface area (Å²) >= 11 is 0. The van der Waals surface area contributed by atoms with Crippen LogP contribution in [-0.2, 0) is 21.4 Å². The molecule has 0 radical (unpaired) electrons. The predicted octanol–water partition coefficient (Wildman–Crippen LogP) is 4.04. The first kappa shape index (κ1) is 23.1. The first-order valence-electron chi connectivity index (χ1n) is 9.82. The molecule has 166 valence electrons. The zero-order chi connectivity index (χ0) is 23.3. The second-order valence-corrected chi connectivity index (χ2v) is 9.31. The van der Waals surface area contributed by atoms with Crippen LogP contribution in [0.4, 0.5) is 11.4 Å². The van der Waals surface area contributed by atoms with Crippen molar-refractivity contribution < 1.29 is 18.1 Å². The summed E-state index contributed by atoms with van der Waals surface area (Å²) in [5, 5.41) is 13.7. The van der Waals surface area contributed by atoms with Gasteiger partial charge in [0.1, 0.15) is 0 Å². The van der Waals surface area contributed by atoms with Crippen LogP contribution >= 0.6 is 0 Å². The van der Waals surface area contributed by atoms with Crippen molar-refractivity contribution in [1.29, 1.82) is 0 Å². The number of carbonyl (C=O) groups excluding carboxylic acids is 1. The van der Waals surface area contributed by atoms with Crippen molar-refractivity contribution in [3.63, 3.8) is 0 Å². The van der Waals surface area contributed by atoms with Crippen molar-refractivity contribution in [2.45, 2.75) is 25.3 Å². The lowest BCUT2D eigenvalue weighted by Crippen LogP contribution is -2.37. The predicted molar refractivity (Wildman–Crippen MR) is 122 cm³/mol. The first-order chi connectivity index (χ1) is 15.2. The number of hydrogen-bond donors (Lipinski definition) is 1. The minimum absolute atomic E-state index is 0.00114. The summed E-state index contributed by atoms with van der Waals surface area (Å²) in [7, 11) is -3.96. The Morgan fingerprint density at radius 3 is 2.28 bits per heavy atom. The van der Waals surface area contributed by atoms with Gasteiger partial charge in [0.15, 0.2) is 0 Å². The third-order valence-corrected chi connectivity index (χ3v) is 6.69. The molecule has 32 heavy (non-hydrogen) atoms. The molecule has 3 rings (SSSR count). The molecule has 0 heterocycles. The Bertz CT molecular complexity index is 1230. The van der Waals surface area contributed by atoms with Gasteiger partial charge in [-0.05, 0) is 37.1 Å². The van der Waals surface area contributed by atoms with E-state index >= 15 is 0 Å². The molecule has 3 aromatic rings. The maximum atomic E-state index is 13.3. The molecule has 0 unspecified atom stereocenters. The molecule has 0 spiro atoms. The van der Waals surface area contributed by atoms with Crippen molar-refractivity contribution in [3.8, 4) is 0 Å². The number of rotatable bonds is 8. The minimum atomic E-state index is -3.96. The Kier molecular flexibility index (Phi) is 7.01. The van der Waals surface area contributed by atoms with E-state index in [0.717, 1.165) is 15.4 Å². The lowest BCUT2D eigenvalue weighted by molar-refractivity contribution is -0.384. The number of benzene rings is 3. The minimum Gasteiger partial charge on any atom is -0.324 e. The van der Waals surface area contributed by atoms with E-state index in [9.17, 15) is 23.3 Å². The Morgan fingerprint density at radius 1 is 1.00 bits per heavy atom. The van der Waals surface area contributed by atoms with Crippen LogP contribution in [0.25, 0.3) is 0 Å². The smallest absolute Gasteiger partial charge is 0.271 e. The molecule has 0 aromatic heterocycles. The molecular weight excluding hydrogens is 430 g/mol. The lowest BCUT2D eigenvalue weighted by Gasteiger charge is -2.22. The van der Waals surface area contributed by atoms with Crippen LogP contribution in [0.3, 0.4) is 0 Å². The SMILES string of the molecule is Cc1ccc(CN(CC(=O)Nc2cc([N+](=O)[O-])ccc2C)S(=O)(=O)c2ccccc2)cc1. The molecule has 0 bridgehead atoms. The van der Waals surface area contributed by atoms with Gasteiger partial charge in [-0.3, -0.25) is 14.9 Å². The largest absolute Gasteiger partial charge is 0.324 e. The fourth-order valence-corrected chi connectivity index (χ4v) is 4.48. The fraction of sp³-hybridized carbons (Fsp3) is 0.174. The number of carbonyl (C=O) groups is 1.